The number of fused-ring (bicyclic) bond motifs is 1. The summed E-state index contributed by atoms with van der Waals surface area (Å²) in [5, 5.41) is 0. The van der Waals surface area contributed by atoms with Gasteiger partial charge in [-0.05, 0) is 24.1 Å². The van der Waals surface area contributed by atoms with Crippen LogP contribution >= 0.6 is 0 Å². The first-order valence-electron chi connectivity index (χ1n) is 4.39. The van der Waals surface area contributed by atoms with Gasteiger partial charge in [-0.3, -0.25) is 0 Å². The van der Waals surface area contributed by atoms with Crippen LogP contribution in [-0.4, -0.2) is 19.1 Å². The van der Waals surface area contributed by atoms with Crippen molar-refractivity contribution >= 4 is 6.29 Å². The second-order valence-electron chi connectivity index (χ2n) is 3.19. The molecular weight excluding hydrogens is 182 g/mol. The monoisotopic (exact) mass is 193 g/mol. The molecule has 0 bridgehead atoms. The molecule has 0 radical (unpaired) electrons. The van der Waals surface area contributed by atoms with Gasteiger partial charge in [-0.15, -0.1) is 0 Å². The van der Waals surface area contributed by atoms with Crippen LogP contribution in [0.15, 0.2) is 18.2 Å². The number of carbonyl (C=O) groups excluding carboxylic acids is 1. The molecule has 0 aromatic heterocycles. The molecule has 1 aliphatic heterocycles. The van der Waals surface area contributed by atoms with E-state index in [0.29, 0.717) is 6.42 Å². The summed E-state index contributed by atoms with van der Waals surface area (Å²) in [6.45, 7) is 0.262. The minimum Gasteiger partial charge on any atom is -0.454 e. The zero-order chi connectivity index (χ0) is 9.97. The molecule has 1 heterocycles. The summed E-state index contributed by atoms with van der Waals surface area (Å²) >= 11 is 0. The Hall–Kier alpha value is -1.55. The fraction of sp³-hybridized carbons (Fsp3) is 0.300. The molecule has 1 aliphatic rings. The molecule has 74 valence electrons. The van der Waals surface area contributed by atoms with Crippen molar-refractivity contribution in [1.29, 1.82) is 0 Å². The van der Waals surface area contributed by atoms with Gasteiger partial charge < -0.3 is 20.0 Å². The lowest BCUT2D eigenvalue weighted by Gasteiger charge is -2.04. The second kappa shape index (κ2) is 3.67. The molecular formula is C10H11NO3. The van der Waals surface area contributed by atoms with Crippen molar-refractivity contribution in [3.8, 4) is 11.5 Å². The first-order valence-corrected chi connectivity index (χ1v) is 4.39. The van der Waals surface area contributed by atoms with E-state index in [4.69, 9.17) is 15.2 Å². The number of benzene rings is 1. The van der Waals surface area contributed by atoms with Gasteiger partial charge in [0.1, 0.15) is 6.29 Å². The fourth-order valence-corrected chi connectivity index (χ4v) is 1.39. The third-order valence-corrected chi connectivity index (χ3v) is 2.08. The van der Waals surface area contributed by atoms with Gasteiger partial charge in [-0.25, -0.2) is 0 Å². The standard InChI is InChI=1S/C10H11NO3/c11-8(5-12)3-7-1-2-9-10(4-7)14-6-13-9/h1-2,4-5,8H,3,6,11H2. The molecule has 0 fully saturated rings. The molecule has 1 atom stereocenters. The molecule has 1 aromatic carbocycles. The Balaban J connectivity index is 2.16. The van der Waals surface area contributed by atoms with Crippen molar-refractivity contribution in [1.82, 2.24) is 0 Å². The largest absolute Gasteiger partial charge is 0.454 e. The van der Waals surface area contributed by atoms with Crippen LogP contribution < -0.4 is 15.2 Å². The highest BCUT2D eigenvalue weighted by Gasteiger charge is 2.13. The van der Waals surface area contributed by atoms with Crippen LogP contribution in [0.3, 0.4) is 0 Å². The van der Waals surface area contributed by atoms with Crippen molar-refractivity contribution in [2.45, 2.75) is 12.5 Å². The van der Waals surface area contributed by atoms with E-state index in [1.807, 2.05) is 18.2 Å². The van der Waals surface area contributed by atoms with Gasteiger partial charge in [0.25, 0.3) is 0 Å². The number of rotatable bonds is 3. The quantitative estimate of drug-likeness (QED) is 0.709. The van der Waals surface area contributed by atoms with Gasteiger partial charge in [0.2, 0.25) is 6.79 Å². The van der Waals surface area contributed by atoms with Gasteiger partial charge in [0.15, 0.2) is 11.5 Å². The Bertz CT molecular complexity index is 351. The maximum Gasteiger partial charge on any atom is 0.231 e. The van der Waals surface area contributed by atoms with Crippen LogP contribution in [0.2, 0.25) is 0 Å². The van der Waals surface area contributed by atoms with E-state index >= 15 is 0 Å². The highest BCUT2D eigenvalue weighted by Crippen LogP contribution is 2.32. The van der Waals surface area contributed by atoms with Gasteiger partial charge in [-0.1, -0.05) is 6.07 Å². The smallest absolute Gasteiger partial charge is 0.231 e. The van der Waals surface area contributed by atoms with E-state index in [1.54, 1.807) is 0 Å². The molecule has 1 unspecified atom stereocenters. The first-order chi connectivity index (χ1) is 6.79. The van der Waals surface area contributed by atoms with Gasteiger partial charge in [-0.2, -0.15) is 0 Å². The Labute approximate surface area is 81.6 Å². The Morgan fingerprint density at radius 3 is 3.00 bits per heavy atom. The first kappa shape index (κ1) is 9.02. The van der Waals surface area contributed by atoms with Crippen molar-refractivity contribution in [2.24, 2.45) is 5.73 Å². The van der Waals surface area contributed by atoms with E-state index in [9.17, 15) is 4.79 Å². The van der Waals surface area contributed by atoms with Gasteiger partial charge in [0.05, 0.1) is 6.04 Å². The molecule has 0 amide bonds. The van der Waals surface area contributed by atoms with E-state index in [1.165, 1.54) is 0 Å². The lowest BCUT2D eigenvalue weighted by molar-refractivity contribution is -0.108. The third-order valence-electron chi connectivity index (χ3n) is 2.08. The van der Waals surface area contributed by atoms with E-state index in [2.05, 4.69) is 0 Å². The molecule has 2 rings (SSSR count). The normalized spacial score (nSPS) is 15.2. The minimum atomic E-state index is -0.449. The molecule has 4 heteroatoms. The molecule has 4 nitrogen and oxygen atoms in total. The predicted molar refractivity (Wildman–Crippen MR) is 50.3 cm³/mol. The van der Waals surface area contributed by atoms with E-state index in [0.717, 1.165) is 23.3 Å². The topological polar surface area (TPSA) is 61.6 Å². The van der Waals surface area contributed by atoms with Gasteiger partial charge >= 0.3 is 0 Å². The SMILES string of the molecule is NC(C=O)Cc1ccc2c(c1)OCO2. The number of hydrogen-bond acceptors (Lipinski definition) is 4. The summed E-state index contributed by atoms with van der Waals surface area (Å²) in [7, 11) is 0. The number of carbonyl (C=O) groups is 1. The van der Waals surface area contributed by atoms with E-state index < -0.39 is 6.04 Å². The molecule has 0 saturated heterocycles. The van der Waals surface area contributed by atoms with Crippen LogP contribution in [0, 0.1) is 0 Å². The summed E-state index contributed by atoms with van der Waals surface area (Å²) in [4.78, 5) is 10.4. The second-order valence-corrected chi connectivity index (χ2v) is 3.19. The molecule has 2 N–H and O–H groups in total. The van der Waals surface area contributed by atoms with Crippen LogP contribution in [-0.2, 0) is 11.2 Å². The number of hydrogen-bond donors (Lipinski definition) is 1. The van der Waals surface area contributed by atoms with Crippen LogP contribution in [0.4, 0.5) is 0 Å². The fourth-order valence-electron chi connectivity index (χ4n) is 1.39. The average Bonchev–Trinajstić information content (AvgIpc) is 2.64. The van der Waals surface area contributed by atoms with Crippen LogP contribution in [0.1, 0.15) is 5.56 Å². The Kier molecular flexibility index (Phi) is 2.37. The van der Waals surface area contributed by atoms with Gasteiger partial charge in [0, 0.05) is 0 Å². The summed E-state index contributed by atoms with van der Waals surface area (Å²) in [6.07, 6.45) is 1.27. The maximum atomic E-state index is 10.4. The molecule has 1 aromatic rings. The van der Waals surface area contributed by atoms with Crippen LogP contribution in [0.5, 0.6) is 11.5 Å². The Morgan fingerprint density at radius 1 is 1.43 bits per heavy atom. The zero-order valence-corrected chi connectivity index (χ0v) is 7.60. The minimum absolute atomic E-state index is 0.262. The highest BCUT2D eigenvalue weighted by atomic mass is 16.7. The molecule has 0 saturated carbocycles. The lowest BCUT2D eigenvalue weighted by atomic mass is 10.1. The number of nitrogens with two attached hydrogens (primary N) is 1. The summed E-state index contributed by atoms with van der Waals surface area (Å²) in [6, 6.07) is 5.12. The van der Waals surface area contributed by atoms with Crippen molar-refractivity contribution in [2.75, 3.05) is 6.79 Å². The van der Waals surface area contributed by atoms with Crippen molar-refractivity contribution in [3.05, 3.63) is 23.8 Å². The van der Waals surface area contributed by atoms with E-state index in [-0.39, 0.29) is 6.79 Å². The summed E-state index contributed by atoms with van der Waals surface area (Å²) in [5.74, 6) is 1.47. The maximum absolute atomic E-state index is 10.4. The third kappa shape index (κ3) is 1.70. The van der Waals surface area contributed by atoms with Crippen molar-refractivity contribution < 1.29 is 14.3 Å². The number of aldehydes is 1. The molecule has 0 spiro atoms. The average molecular weight is 193 g/mol. The summed E-state index contributed by atoms with van der Waals surface area (Å²) in [5.41, 5.74) is 6.49. The molecule has 0 aliphatic carbocycles. The highest BCUT2D eigenvalue weighted by molar-refractivity contribution is 5.58. The Morgan fingerprint density at radius 2 is 2.21 bits per heavy atom. The lowest BCUT2D eigenvalue weighted by Crippen LogP contribution is -2.23. The summed E-state index contributed by atoms with van der Waals surface area (Å²) < 4.78 is 10.4. The predicted octanol–water partition coefficient (Wildman–Crippen LogP) is 0.484. The van der Waals surface area contributed by atoms with Crippen LogP contribution in [0.25, 0.3) is 0 Å². The number of ether oxygens (including phenoxy) is 2. The molecule has 14 heavy (non-hydrogen) atoms. The zero-order valence-electron chi connectivity index (χ0n) is 7.60. The van der Waals surface area contributed by atoms with Crippen molar-refractivity contribution in [3.63, 3.8) is 0 Å².